The highest BCUT2D eigenvalue weighted by atomic mass is 79.9. The summed E-state index contributed by atoms with van der Waals surface area (Å²) in [5.74, 6) is 0.197. The SMILES string of the molecule is CC(C)(CCCCCCOc1ccccc1-c1ccc(CBr)cc1)C(=O)O. The lowest BCUT2D eigenvalue weighted by Crippen LogP contribution is -2.23. The van der Waals surface area contributed by atoms with E-state index >= 15 is 0 Å². The minimum atomic E-state index is -0.716. The molecule has 0 unspecified atom stereocenters. The van der Waals surface area contributed by atoms with Crippen LogP contribution in [-0.2, 0) is 10.1 Å². The summed E-state index contributed by atoms with van der Waals surface area (Å²) in [4.78, 5) is 11.1. The number of para-hydroxylation sites is 1. The van der Waals surface area contributed by atoms with Crippen molar-refractivity contribution in [2.24, 2.45) is 5.41 Å². The first-order valence-corrected chi connectivity index (χ1v) is 10.7. The van der Waals surface area contributed by atoms with Gasteiger partial charge in [-0.1, -0.05) is 77.7 Å². The van der Waals surface area contributed by atoms with Crippen LogP contribution in [0.15, 0.2) is 48.5 Å². The van der Waals surface area contributed by atoms with Crippen LogP contribution >= 0.6 is 15.9 Å². The van der Waals surface area contributed by atoms with E-state index < -0.39 is 11.4 Å². The van der Waals surface area contributed by atoms with Gasteiger partial charge in [0.25, 0.3) is 0 Å². The molecule has 0 bridgehead atoms. The molecule has 4 heteroatoms. The van der Waals surface area contributed by atoms with Crippen LogP contribution in [0.4, 0.5) is 0 Å². The first kappa shape index (κ1) is 21.5. The molecule has 0 aromatic heterocycles. The van der Waals surface area contributed by atoms with E-state index in [9.17, 15) is 4.79 Å². The smallest absolute Gasteiger partial charge is 0.309 e. The predicted octanol–water partition coefficient (Wildman–Crippen LogP) is 6.69. The van der Waals surface area contributed by atoms with Crippen molar-refractivity contribution in [2.75, 3.05) is 6.61 Å². The van der Waals surface area contributed by atoms with Crippen molar-refractivity contribution in [3.05, 3.63) is 54.1 Å². The van der Waals surface area contributed by atoms with Crippen molar-refractivity contribution in [2.45, 2.75) is 51.3 Å². The molecule has 0 saturated heterocycles. The van der Waals surface area contributed by atoms with Crippen LogP contribution in [-0.4, -0.2) is 17.7 Å². The Morgan fingerprint density at radius 1 is 1.00 bits per heavy atom. The Kier molecular flexibility index (Phi) is 8.36. The summed E-state index contributed by atoms with van der Waals surface area (Å²) in [6.07, 6.45) is 4.73. The summed E-state index contributed by atoms with van der Waals surface area (Å²) in [6.45, 7) is 4.26. The van der Waals surface area contributed by atoms with Gasteiger partial charge in [-0.2, -0.15) is 0 Å². The van der Waals surface area contributed by atoms with Gasteiger partial charge in [0.1, 0.15) is 5.75 Å². The molecule has 2 aromatic carbocycles. The van der Waals surface area contributed by atoms with Crippen LogP contribution in [0, 0.1) is 5.41 Å². The maximum Gasteiger partial charge on any atom is 0.309 e. The van der Waals surface area contributed by atoms with Gasteiger partial charge in [-0.3, -0.25) is 4.79 Å². The van der Waals surface area contributed by atoms with E-state index in [4.69, 9.17) is 9.84 Å². The van der Waals surface area contributed by atoms with Gasteiger partial charge in [-0.05, 0) is 43.9 Å². The Labute approximate surface area is 170 Å². The van der Waals surface area contributed by atoms with E-state index in [-0.39, 0.29) is 0 Å². The minimum Gasteiger partial charge on any atom is -0.493 e. The standard InChI is InChI=1S/C23H29BrO3/c1-23(2,22(25)26)15-7-3-4-8-16-27-21-10-6-5-9-20(21)19-13-11-18(17-24)12-14-19/h5-6,9-14H,3-4,7-8,15-17H2,1-2H3,(H,25,26). The first-order valence-electron chi connectivity index (χ1n) is 9.54. The molecule has 2 aromatic rings. The lowest BCUT2D eigenvalue weighted by molar-refractivity contribution is -0.147. The number of aliphatic carboxylic acids is 1. The number of carbonyl (C=O) groups is 1. The number of carboxylic acids is 1. The topological polar surface area (TPSA) is 46.5 Å². The van der Waals surface area contributed by atoms with Crippen molar-refractivity contribution in [1.82, 2.24) is 0 Å². The van der Waals surface area contributed by atoms with Gasteiger partial charge in [0, 0.05) is 10.9 Å². The van der Waals surface area contributed by atoms with Crippen LogP contribution in [0.25, 0.3) is 11.1 Å². The number of carboxylic acid groups (broad SMARTS) is 1. The van der Waals surface area contributed by atoms with Crippen LogP contribution in [0.1, 0.15) is 51.5 Å². The van der Waals surface area contributed by atoms with Crippen LogP contribution in [0.2, 0.25) is 0 Å². The third kappa shape index (κ3) is 6.69. The van der Waals surface area contributed by atoms with Crippen LogP contribution < -0.4 is 4.74 Å². The molecule has 0 heterocycles. The van der Waals surface area contributed by atoms with Gasteiger partial charge >= 0.3 is 5.97 Å². The highest BCUT2D eigenvalue weighted by Crippen LogP contribution is 2.30. The average Bonchev–Trinajstić information content (AvgIpc) is 2.67. The molecule has 0 aliphatic carbocycles. The van der Waals surface area contributed by atoms with E-state index in [1.165, 1.54) is 5.56 Å². The van der Waals surface area contributed by atoms with Crippen molar-refractivity contribution in [1.29, 1.82) is 0 Å². The van der Waals surface area contributed by atoms with Crippen molar-refractivity contribution in [3.8, 4) is 16.9 Å². The van der Waals surface area contributed by atoms with E-state index in [0.29, 0.717) is 6.61 Å². The summed E-state index contributed by atoms with van der Waals surface area (Å²) in [7, 11) is 0. The van der Waals surface area contributed by atoms with E-state index in [1.807, 2.05) is 18.2 Å². The van der Waals surface area contributed by atoms with E-state index in [2.05, 4.69) is 46.3 Å². The molecular weight excluding hydrogens is 404 g/mol. The minimum absolute atomic E-state index is 0.625. The summed E-state index contributed by atoms with van der Waals surface area (Å²) in [5, 5.41) is 9.99. The monoisotopic (exact) mass is 432 g/mol. The van der Waals surface area contributed by atoms with Crippen LogP contribution in [0.3, 0.4) is 0 Å². The van der Waals surface area contributed by atoms with Gasteiger partial charge < -0.3 is 9.84 Å². The van der Waals surface area contributed by atoms with Gasteiger partial charge in [0.15, 0.2) is 0 Å². The zero-order chi connectivity index (χ0) is 19.7. The number of halogens is 1. The fourth-order valence-corrected chi connectivity index (χ4v) is 3.29. The van der Waals surface area contributed by atoms with Gasteiger partial charge in [-0.15, -0.1) is 0 Å². The highest BCUT2D eigenvalue weighted by molar-refractivity contribution is 9.08. The van der Waals surface area contributed by atoms with Crippen molar-refractivity contribution in [3.63, 3.8) is 0 Å². The highest BCUT2D eigenvalue weighted by Gasteiger charge is 2.25. The van der Waals surface area contributed by atoms with E-state index in [0.717, 1.165) is 54.3 Å². The number of ether oxygens (including phenoxy) is 1. The second kappa shape index (κ2) is 10.5. The molecule has 146 valence electrons. The molecule has 0 radical (unpaired) electrons. The summed E-state index contributed by atoms with van der Waals surface area (Å²) in [5.41, 5.74) is 2.90. The van der Waals surface area contributed by atoms with Crippen molar-refractivity contribution >= 4 is 21.9 Å². The fraction of sp³-hybridized carbons (Fsp3) is 0.435. The molecule has 0 fully saturated rings. The number of hydrogen-bond donors (Lipinski definition) is 1. The Morgan fingerprint density at radius 3 is 2.33 bits per heavy atom. The van der Waals surface area contributed by atoms with Crippen LogP contribution in [0.5, 0.6) is 5.75 Å². The summed E-state index contributed by atoms with van der Waals surface area (Å²) < 4.78 is 6.03. The maximum atomic E-state index is 11.1. The van der Waals surface area contributed by atoms with Crippen molar-refractivity contribution < 1.29 is 14.6 Å². The average molecular weight is 433 g/mol. The van der Waals surface area contributed by atoms with Gasteiger partial charge in [0.2, 0.25) is 0 Å². The molecule has 0 saturated carbocycles. The zero-order valence-electron chi connectivity index (χ0n) is 16.2. The molecule has 3 nitrogen and oxygen atoms in total. The third-order valence-corrected chi connectivity index (χ3v) is 5.49. The number of hydrogen-bond acceptors (Lipinski definition) is 2. The Bertz CT molecular complexity index is 723. The summed E-state index contributed by atoms with van der Waals surface area (Å²) >= 11 is 3.48. The molecule has 0 amide bonds. The lowest BCUT2D eigenvalue weighted by atomic mass is 9.87. The predicted molar refractivity (Wildman–Crippen MR) is 115 cm³/mol. The molecule has 0 aliphatic heterocycles. The number of benzene rings is 2. The second-order valence-corrected chi connectivity index (χ2v) is 8.09. The lowest BCUT2D eigenvalue weighted by Gasteiger charge is -2.18. The van der Waals surface area contributed by atoms with E-state index in [1.54, 1.807) is 13.8 Å². The Morgan fingerprint density at radius 2 is 1.67 bits per heavy atom. The number of unbranched alkanes of at least 4 members (excludes halogenated alkanes) is 3. The quantitative estimate of drug-likeness (QED) is 0.317. The Hall–Kier alpha value is -1.81. The zero-order valence-corrected chi connectivity index (χ0v) is 17.8. The molecule has 0 aliphatic rings. The second-order valence-electron chi connectivity index (χ2n) is 7.53. The molecular formula is C23H29BrO3. The molecule has 0 spiro atoms. The third-order valence-electron chi connectivity index (χ3n) is 4.84. The van der Waals surface area contributed by atoms with Gasteiger partial charge in [-0.25, -0.2) is 0 Å². The molecule has 0 atom stereocenters. The molecule has 27 heavy (non-hydrogen) atoms. The first-order chi connectivity index (χ1) is 12.9. The molecule has 1 N–H and O–H groups in total. The largest absolute Gasteiger partial charge is 0.493 e. The Balaban J connectivity index is 1.79. The number of alkyl halides is 1. The maximum absolute atomic E-state index is 11.1. The fourth-order valence-electron chi connectivity index (χ4n) is 2.92. The molecule has 2 rings (SSSR count). The van der Waals surface area contributed by atoms with Gasteiger partial charge in [0.05, 0.1) is 12.0 Å². The summed E-state index contributed by atoms with van der Waals surface area (Å²) in [6, 6.07) is 16.6. The number of rotatable bonds is 11. The normalized spacial score (nSPS) is 11.4.